The van der Waals surface area contributed by atoms with Crippen LogP contribution in [0.15, 0.2) is 60.9 Å². The Hall–Kier alpha value is -3.15. The molecule has 10 atom stereocenters. The quantitative estimate of drug-likeness (QED) is 0.0935. The van der Waals surface area contributed by atoms with Crippen molar-refractivity contribution in [2.75, 3.05) is 24.7 Å². The highest BCUT2D eigenvalue weighted by Gasteiger charge is 2.37. The summed E-state index contributed by atoms with van der Waals surface area (Å²) in [5.74, 6) is 6.66. The molecule has 0 amide bonds. The number of aliphatic hydroxyl groups excluding tert-OH is 5. The Morgan fingerprint density at radius 2 is 1.83 bits per heavy atom. The van der Waals surface area contributed by atoms with E-state index in [1.54, 1.807) is 52.2 Å². The Bertz CT molecular complexity index is 1710. The van der Waals surface area contributed by atoms with Crippen molar-refractivity contribution < 1.29 is 35.4 Å². The minimum atomic E-state index is -1.06. The van der Waals surface area contributed by atoms with Gasteiger partial charge in [0.2, 0.25) is 0 Å². The topological polar surface area (TPSA) is 184 Å². The second-order valence-electron chi connectivity index (χ2n) is 14.6. The number of rotatable bonds is 8. The van der Waals surface area contributed by atoms with Crippen LogP contribution in [-0.2, 0) is 12.2 Å². The van der Waals surface area contributed by atoms with Gasteiger partial charge in [-0.2, -0.15) is 11.9 Å². The van der Waals surface area contributed by atoms with Gasteiger partial charge in [0.05, 0.1) is 18.3 Å². The third kappa shape index (κ3) is 9.94. The van der Waals surface area contributed by atoms with Crippen LogP contribution in [0.5, 0.6) is 11.5 Å². The first kappa shape index (κ1) is 39.5. The number of hydrogen-bond acceptors (Lipinski definition) is 11. The normalized spacial score (nSPS) is 31.1. The maximum absolute atomic E-state index is 11.9. The molecule has 1 aliphatic heterocycles. The van der Waals surface area contributed by atoms with Crippen LogP contribution in [0, 0.1) is 35.5 Å². The van der Waals surface area contributed by atoms with Gasteiger partial charge < -0.3 is 46.1 Å². The molecule has 3 heterocycles. The summed E-state index contributed by atoms with van der Waals surface area (Å²) in [5, 5.41) is 65.9. The van der Waals surface area contributed by atoms with Gasteiger partial charge in [-0.1, -0.05) is 76.6 Å². The molecule has 2 aliphatic carbocycles. The minimum Gasteiger partial charge on any atom is -0.668 e. The van der Waals surface area contributed by atoms with E-state index in [1.807, 2.05) is 30.4 Å². The number of nitrogens with two attached hydrogens (primary N) is 1. The zero-order chi connectivity index (χ0) is 37.3. The van der Waals surface area contributed by atoms with E-state index < -0.39 is 36.3 Å². The van der Waals surface area contributed by atoms with Crippen LogP contribution in [-0.4, -0.2) is 79.0 Å². The molecule has 0 saturated heterocycles. The Balaban J connectivity index is 1.32. The third-order valence-corrected chi connectivity index (χ3v) is 13.5. The van der Waals surface area contributed by atoms with Crippen molar-refractivity contribution in [1.82, 2.24) is 9.97 Å². The molecule has 1 aromatic carbocycles. The number of nitrogen functional groups attached to an aromatic ring is 1. The molecular weight excluding hydrogens is 711 g/mol. The van der Waals surface area contributed by atoms with Crippen molar-refractivity contribution in [3.63, 3.8) is 0 Å². The van der Waals surface area contributed by atoms with Crippen LogP contribution in [0.4, 0.5) is 5.82 Å². The molecule has 286 valence electrons. The Morgan fingerprint density at radius 3 is 2.62 bits per heavy atom. The number of pyridine rings is 1. The number of aliphatic hydroxyl groups is 5. The number of fused-ring (bicyclic) bond motifs is 2. The van der Waals surface area contributed by atoms with E-state index in [0.29, 0.717) is 49.4 Å². The Labute approximate surface area is 320 Å². The van der Waals surface area contributed by atoms with E-state index in [9.17, 15) is 30.6 Å². The lowest BCUT2D eigenvalue weighted by Gasteiger charge is -2.33. The fourth-order valence-corrected chi connectivity index (χ4v) is 10.6. The number of allylic oxidation sites excluding steroid dienone is 2. The molecule has 8 N–H and O–H groups in total. The van der Waals surface area contributed by atoms with Crippen molar-refractivity contribution in [1.29, 1.82) is 0 Å². The van der Waals surface area contributed by atoms with E-state index in [-0.39, 0.29) is 48.4 Å². The molecule has 53 heavy (non-hydrogen) atoms. The van der Waals surface area contributed by atoms with E-state index >= 15 is 0 Å². The highest BCUT2D eigenvalue weighted by Crippen LogP contribution is 2.42. The van der Waals surface area contributed by atoms with Gasteiger partial charge in [-0.25, -0.2) is 4.98 Å². The molecular formula is C41H52N3O7S2-. The van der Waals surface area contributed by atoms with Gasteiger partial charge in [0.15, 0.2) is 11.5 Å². The molecule has 10 nitrogen and oxygen atoms in total. The average Bonchev–Trinajstić information content (AvgIpc) is 3.60. The summed E-state index contributed by atoms with van der Waals surface area (Å²) in [4.78, 5) is 8.91. The van der Waals surface area contributed by atoms with E-state index in [0.717, 1.165) is 41.6 Å². The second-order valence-corrected chi connectivity index (χ2v) is 17.1. The lowest BCUT2D eigenvalue weighted by atomic mass is 9.79. The van der Waals surface area contributed by atoms with Crippen LogP contribution in [0.3, 0.4) is 0 Å². The average molecular weight is 763 g/mol. The SMILES string of the molecule is Nc1nccc2c1CSSCC(CO)C(O)C(Oc1cc(C3C=CC4C#CC(CCO)CCCCC(O)C4C(O)C3)ccc1O)CC2Cc1ccc[n-]1. The van der Waals surface area contributed by atoms with Crippen LogP contribution < -0.4 is 15.5 Å². The van der Waals surface area contributed by atoms with E-state index in [4.69, 9.17) is 10.5 Å². The summed E-state index contributed by atoms with van der Waals surface area (Å²) in [6, 6.07) is 11.0. The van der Waals surface area contributed by atoms with Gasteiger partial charge >= 0.3 is 0 Å². The van der Waals surface area contributed by atoms with Crippen molar-refractivity contribution in [2.24, 2.45) is 23.7 Å². The maximum Gasteiger partial charge on any atom is 0.161 e. The van der Waals surface area contributed by atoms with Gasteiger partial charge in [-0.3, -0.25) is 0 Å². The standard InChI is InChI=1S/C41H52N3O7S2/c42-41-33-24-53-52-23-30(22-46)40(50)38(21-29(32(33)13-16-44-41)18-31-5-3-15-43-31)51-37-20-28(11-12-34(37)47)27-10-9-26-8-7-25(14-17-45)4-1-2-6-35(48)39(26)36(49)19-27/h3,5,9-13,15-16,20,25-27,29-30,35-36,38-40,45-50H,1-2,4,6,14,17-19,21-24H2,(H2,42,44)/q-1. The number of hydrogen-bond donors (Lipinski definition) is 7. The summed E-state index contributed by atoms with van der Waals surface area (Å²) >= 11 is 0. The molecule has 6 rings (SSSR count). The predicted octanol–water partition coefficient (Wildman–Crippen LogP) is 4.93. The van der Waals surface area contributed by atoms with Crippen molar-refractivity contribution in [3.05, 3.63) is 83.3 Å². The first-order valence-electron chi connectivity index (χ1n) is 18.7. The fourth-order valence-electron chi connectivity index (χ4n) is 8.05. The highest BCUT2D eigenvalue weighted by molar-refractivity contribution is 8.76. The molecule has 0 saturated carbocycles. The number of phenolic OH excluding ortho intramolecular Hbond substituents is 1. The molecule has 0 radical (unpaired) electrons. The zero-order valence-electron chi connectivity index (χ0n) is 29.9. The lowest BCUT2D eigenvalue weighted by molar-refractivity contribution is -0.0195. The second kappa shape index (κ2) is 18.9. The van der Waals surface area contributed by atoms with Crippen molar-refractivity contribution in [2.45, 2.75) is 93.4 Å². The predicted molar refractivity (Wildman–Crippen MR) is 209 cm³/mol. The van der Waals surface area contributed by atoms with Crippen LogP contribution in [0.2, 0.25) is 0 Å². The maximum atomic E-state index is 11.9. The van der Waals surface area contributed by atoms with Gasteiger partial charge in [-0.15, -0.1) is 0 Å². The number of aromatic hydroxyl groups is 1. The highest BCUT2D eigenvalue weighted by atomic mass is 33.1. The monoisotopic (exact) mass is 762 g/mol. The van der Waals surface area contributed by atoms with Gasteiger partial charge in [-0.05, 0) is 73.8 Å². The molecule has 2 aromatic heterocycles. The van der Waals surface area contributed by atoms with Crippen LogP contribution >= 0.6 is 21.6 Å². The third-order valence-electron chi connectivity index (χ3n) is 11.1. The summed E-state index contributed by atoms with van der Waals surface area (Å²) in [6.07, 6.45) is 9.08. The van der Waals surface area contributed by atoms with E-state index in [1.165, 1.54) is 0 Å². The molecule has 12 heteroatoms. The zero-order valence-corrected chi connectivity index (χ0v) is 31.5. The molecule has 3 aliphatic rings. The Morgan fingerprint density at radius 1 is 0.981 bits per heavy atom. The van der Waals surface area contributed by atoms with Crippen LogP contribution in [0.1, 0.15) is 79.2 Å². The number of nitrogens with zero attached hydrogens (tertiary/aromatic N) is 2. The van der Waals surface area contributed by atoms with Gasteiger partial charge in [0.25, 0.3) is 0 Å². The summed E-state index contributed by atoms with van der Waals surface area (Å²) in [5.41, 5.74) is 10.1. The molecule has 3 aromatic rings. The Kier molecular flexibility index (Phi) is 14.1. The number of phenols is 1. The van der Waals surface area contributed by atoms with Crippen LogP contribution in [0.25, 0.3) is 0 Å². The largest absolute Gasteiger partial charge is 0.668 e. The first-order chi connectivity index (χ1) is 25.7. The van der Waals surface area contributed by atoms with Crippen molar-refractivity contribution >= 4 is 27.4 Å². The lowest BCUT2D eigenvalue weighted by Crippen LogP contribution is -2.41. The molecule has 10 unspecified atom stereocenters. The summed E-state index contributed by atoms with van der Waals surface area (Å²) < 4.78 is 6.63. The summed E-state index contributed by atoms with van der Waals surface area (Å²) in [6.45, 7) is -0.168. The summed E-state index contributed by atoms with van der Waals surface area (Å²) in [7, 11) is 3.16. The number of benzene rings is 1. The first-order valence-corrected chi connectivity index (χ1v) is 21.2. The number of ether oxygens (including phenoxy) is 1. The number of aromatic nitrogens is 2. The minimum absolute atomic E-state index is 0.0733. The molecule has 0 bridgehead atoms. The molecule has 0 fully saturated rings. The smallest absolute Gasteiger partial charge is 0.161 e. The van der Waals surface area contributed by atoms with Gasteiger partial charge in [0, 0.05) is 66.1 Å². The molecule has 0 spiro atoms. The number of anilines is 1. The van der Waals surface area contributed by atoms with Gasteiger partial charge in [0.1, 0.15) is 11.9 Å². The fraction of sp³-hybridized carbons (Fsp3) is 0.537. The van der Waals surface area contributed by atoms with Crippen molar-refractivity contribution in [3.8, 4) is 23.3 Å². The van der Waals surface area contributed by atoms with E-state index in [2.05, 4.69) is 21.8 Å².